The molecule has 0 nitrogen and oxygen atoms in total. The SMILES string of the molecule is CCCCCC/C(=C\CCCCCCCl)CC. The van der Waals surface area contributed by atoms with Crippen LogP contribution in [0.5, 0.6) is 0 Å². The lowest BCUT2D eigenvalue weighted by molar-refractivity contribution is 0.649. The maximum atomic E-state index is 5.66. The molecule has 0 fully saturated rings. The van der Waals surface area contributed by atoms with Gasteiger partial charge in [0.2, 0.25) is 0 Å². The van der Waals surface area contributed by atoms with Gasteiger partial charge in [0.05, 0.1) is 0 Å². The number of alkyl halides is 1. The van der Waals surface area contributed by atoms with Crippen molar-refractivity contribution >= 4 is 11.6 Å². The maximum absolute atomic E-state index is 5.66. The average molecular weight is 259 g/mol. The minimum atomic E-state index is 0.827. The lowest BCUT2D eigenvalue weighted by Crippen LogP contribution is -1.85. The molecule has 0 saturated carbocycles. The summed E-state index contributed by atoms with van der Waals surface area (Å²) < 4.78 is 0. The van der Waals surface area contributed by atoms with E-state index in [2.05, 4.69) is 19.9 Å². The monoisotopic (exact) mass is 258 g/mol. The highest BCUT2D eigenvalue weighted by Crippen LogP contribution is 2.15. The van der Waals surface area contributed by atoms with E-state index in [1.165, 1.54) is 70.6 Å². The van der Waals surface area contributed by atoms with E-state index in [9.17, 15) is 0 Å². The highest BCUT2D eigenvalue weighted by Gasteiger charge is 1.95. The first-order chi connectivity index (χ1) is 8.35. The Hall–Kier alpha value is 0.0300. The van der Waals surface area contributed by atoms with Gasteiger partial charge in [0.25, 0.3) is 0 Å². The van der Waals surface area contributed by atoms with Crippen LogP contribution in [0.4, 0.5) is 0 Å². The zero-order valence-corrected chi connectivity index (χ0v) is 12.7. The summed E-state index contributed by atoms with van der Waals surface area (Å²) in [6, 6.07) is 0. The van der Waals surface area contributed by atoms with Crippen LogP contribution in [0.25, 0.3) is 0 Å². The Labute approximate surface area is 114 Å². The summed E-state index contributed by atoms with van der Waals surface area (Å²) in [5.74, 6) is 0.827. The molecule has 1 heteroatoms. The van der Waals surface area contributed by atoms with Crippen molar-refractivity contribution in [3.63, 3.8) is 0 Å². The molecule has 0 spiro atoms. The number of hydrogen-bond donors (Lipinski definition) is 0. The topological polar surface area (TPSA) is 0 Å². The molecule has 0 aromatic heterocycles. The van der Waals surface area contributed by atoms with E-state index >= 15 is 0 Å². The summed E-state index contributed by atoms with van der Waals surface area (Å²) in [4.78, 5) is 0. The number of unbranched alkanes of at least 4 members (excludes halogenated alkanes) is 7. The highest BCUT2D eigenvalue weighted by molar-refractivity contribution is 6.17. The summed E-state index contributed by atoms with van der Waals surface area (Å²) in [5.41, 5.74) is 1.68. The van der Waals surface area contributed by atoms with Gasteiger partial charge in [-0.1, -0.05) is 57.6 Å². The van der Waals surface area contributed by atoms with E-state index in [-0.39, 0.29) is 0 Å². The molecule has 0 aliphatic rings. The van der Waals surface area contributed by atoms with Gasteiger partial charge in [-0.15, -0.1) is 11.6 Å². The normalized spacial score (nSPS) is 12.1. The van der Waals surface area contributed by atoms with Crippen molar-refractivity contribution in [2.24, 2.45) is 0 Å². The number of hydrogen-bond acceptors (Lipinski definition) is 0. The summed E-state index contributed by atoms with van der Waals surface area (Å²) in [7, 11) is 0. The van der Waals surface area contributed by atoms with E-state index in [1.807, 2.05) is 0 Å². The van der Waals surface area contributed by atoms with Crippen molar-refractivity contribution in [2.75, 3.05) is 5.88 Å². The minimum Gasteiger partial charge on any atom is -0.127 e. The second kappa shape index (κ2) is 14.1. The molecule has 0 aromatic rings. The second-order valence-corrected chi connectivity index (χ2v) is 5.30. The van der Waals surface area contributed by atoms with Gasteiger partial charge in [-0.3, -0.25) is 0 Å². The smallest absolute Gasteiger partial charge is 0.0223 e. The third-order valence-electron chi connectivity index (χ3n) is 3.33. The predicted molar refractivity (Wildman–Crippen MR) is 80.9 cm³/mol. The third-order valence-corrected chi connectivity index (χ3v) is 3.59. The van der Waals surface area contributed by atoms with E-state index < -0.39 is 0 Å². The highest BCUT2D eigenvalue weighted by atomic mass is 35.5. The molecule has 17 heavy (non-hydrogen) atoms. The van der Waals surface area contributed by atoms with Crippen molar-refractivity contribution in [3.8, 4) is 0 Å². The van der Waals surface area contributed by atoms with Crippen molar-refractivity contribution < 1.29 is 0 Å². The van der Waals surface area contributed by atoms with Gasteiger partial charge in [0, 0.05) is 5.88 Å². The Morgan fingerprint density at radius 1 is 0.882 bits per heavy atom. The van der Waals surface area contributed by atoms with E-state index in [0.29, 0.717) is 0 Å². The molecular formula is C16H31Cl. The first-order valence-corrected chi connectivity index (χ1v) is 8.12. The molecule has 0 atom stereocenters. The number of rotatable bonds is 12. The van der Waals surface area contributed by atoms with Crippen molar-refractivity contribution in [1.82, 2.24) is 0 Å². The van der Waals surface area contributed by atoms with E-state index in [4.69, 9.17) is 11.6 Å². The maximum Gasteiger partial charge on any atom is 0.0223 e. The third kappa shape index (κ3) is 12.3. The van der Waals surface area contributed by atoms with E-state index in [0.717, 1.165) is 5.88 Å². The van der Waals surface area contributed by atoms with Crippen molar-refractivity contribution in [1.29, 1.82) is 0 Å². The fourth-order valence-corrected chi connectivity index (χ4v) is 2.29. The summed E-state index contributed by atoms with van der Waals surface area (Å²) >= 11 is 5.66. The van der Waals surface area contributed by atoms with E-state index in [1.54, 1.807) is 5.57 Å². The van der Waals surface area contributed by atoms with Crippen LogP contribution in [0.15, 0.2) is 11.6 Å². The first kappa shape index (κ1) is 17.0. The molecule has 0 bridgehead atoms. The average Bonchev–Trinajstić information content (AvgIpc) is 2.36. The van der Waals surface area contributed by atoms with Crippen LogP contribution in [0.3, 0.4) is 0 Å². The Balaban J connectivity index is 3.48. The molecule has 0 aliphatic carbocycles. The molecule has 0 saturated heterocycles. The molecule has 0 aromatic carbocycles. The van der Waals surface area contributed by atoms with Gasteiger partial charge in [-0.05, 0) is 38.5 Å². The molecule has 0 N–H and O–H groups in total. The summed E-state index contributed by atoms with van der Waals surface area (Å²) in [6.45, 7) is 4.57. The molecular weight excluding hydrogens is 228 g/mol. The molecule has 0 heterocycles. The van der Waals surface area contributed by atoms with Crippen LogP contribution in [0.1, 0.15) is 84.5 Å². The molecule has 0 radical (unpaired) electrons. The van der Waals surface area contributed by atoms with Crippen LogP contribution in [0, 0.1) is 0 Å². The Bertz CT molecular complexity index is 172. The number of halogens is 1. The summed E-state index contributed by atoms with van der Waals surface area (Å²) in [6.07, 6.45) is 17.0. The molecule has 0 aliphatic heterocycles. The largest absolute Gasteiger partial charge is 0.127 e. The Morgan fingerprint density at radius 2 is 1.59 bits per heavy atom. The van der Waals surface area contributed by atoms with Crippen LogP contribution in [0.2, 0.25) is 0 Å². The lowest BCUT2D eigenvalue weighted by atomic mass is 10.0. The van der Waals surface area contributed by atoms with Crippen LogP contribution in [-0.2, 0) is 0 Å². The van der Waals surface area contributed by atoms with Crippen LogP contribution < -0.4 is 0 Å². The van der Waals surface area contributed by atoms with Crippen LogP contribution >= 0.6 is 11.6 Å². The van der Waals surface area contributed by atoms with Gasteiger partial charge in [-0.2, -0.15) is 0 Å². The Kier molecular flexibility index (Phi) is 14.1. The summed E-state index contributed by atoms with van der Waals surface area (Å²) in [5, 5.41) is 0. The van der Waals surface area contributed by atoms with Crippen LogP contribution in [-0.4, -0.2) is 5.88 Å². The standard InChI is InChI=1S/C16H31Cl/c1-3-5-6-10-13-16(4-2)14-11-8-7-9-12-15-17/h14H,3-13,15H2,1-2H3/b16-14-. The van der Waals surface area contributed by atoms with Gasteiger partial charge in [-0.25, -0.2) is 0 Å². The lowest BCUT2D eigenvalue weighted by Gasteiger charge is -2.05. The minimum absolute atomic E-state index is 0.827. The number of allylic oxidation sites excluding steroid dienone is 2. The van der Waals surface area contributed by atoms with Gasteiger partial charge < -0.3 is 0 Å². The van der Waals surface area contributed by atoms with Gasteiger partial charge in [0.15, 0.2) is 0 Å². The zero-order chi connectivity index (χ0) is 12.8. The fourth-order valence-electron chi connectivity index (χ4n) is 2.10. The predicted octanol–water partition coefficient (Wildman–Crippen LogP) is 6.48. The van der Waals surface area contributed by atoms with Crippen molar-refractivity contribution in [2.45, 2.75) is 84.5 Å². The van der Waals surface area contributed by atoms with Crippen molar-refractivity contribution in [3.05, 3.63) is 11.6 Å². The fraction of sp³-hybridized carbons (Fsp3) is 0.875. The van der Waals surface area contributed by atoms with Gasteiger partial charge >= 0.3 is 0 Å². The Morgan fingerprint density at radius 3 is 2.24 bits per heavy atom. The zero-order valence-electron chi connectivity index (χ0n) is 11.9. The molecule has 102 valence electrons. The molecule has 0 unspecified atom stereocenters. The van der Waals surface area contributed by atoms with Gasteiger partial charge in [0.1, 0.15) is 0 Å². The molecule has 0 rings (SSSR count). The first-order valence-electron chi connectivity index (χ1n) is 7.59. The quantitative estimate of drug-likeness (QED) is 0.213. The second-order valence-electron chi connectivity index (χ2n) is 4.92. The molecule has 0 amide bonds.